The molecular weight excluding hydrogens is 284 g/mol. The number of hydrogen-bond donors (Lipinski definition) is 1. The van der Waals surface area contributed by atoms with Gasteiger partial charge in [-0.05, 0) is 28.2 Å². The average molecular weight is 298 g/mol. The lowest BCUT2D eigenvalue weighted by atomic mass is 10.1. The van der Waals surface area contributed by atoms with Crippen molar-refractivity contribution in [2.45, 2.75) is 31.8 Å². The van der Waals surface area contributed by atoms with Gasteiger partial charge in [-0.3, -0.25) is 0 Å². The molecule has 0 amide bonds. The summed E-state index contributed by atoms with van der Waals surface area (Å²) in [5.74, 6) is 0. The van der Waals surface area contributed by atoms with E-state index in [1.165, 1.54) is 0 Å². The molecule has 0 bridgehead atoms. The molecule has 0 rings (SSSR count). The van der Waals surface area contributed by atoms with Crippen molar-refractivity contribution in [3.63, 3.8) is 0 Å². The van der Waals surface area contributed by atoms with Crippen molar-refractivity contribution in [3.8, 4) is 0 Å². The molecule has 0 aliphatic rings. The van der Waals surface area contributed by atoms with Crippen molar-refractivity contribution in [2.75, 3.05) is 0 Å². The molecular formula is C9H14Br2O. The Labute approximate surface area is 90.8 Å². The zero-order valence-electron chi connectivity index (χ0n) is 7.02. The van der Waals surface area contributed by atoms with Gasteiger partial charge in [0.25, 0.3) is 0 Å². The monoisotopic (exact) mass is 296 g/mol. The fourth-order valence-electron chi connectivity index (χ4n) is 0.887. The lowest BCUT2D eigenvalue weighted by Gasteiger charge is -2.08. The smallest absolute Gasteiger partial charge is 0.0585 e. The highest BCUT2D eigenvalue weighted by atomic mass is 79.9. The summed E-state index contributed by atoms with van der Waals surface area (Å²) in [6, 6.07) is 0. The molecule has 0 aliphatic heterocycles. The second-order valence-electron chi connectivity index (χ2n) is 2.78. The minimum atomic E-state index is -0.274. The molecule has 0 saturated heterocycles. The lowest BCUT2D eigenvalue weighted by Crippen LogP contribution is -2.05. The summed E-state index contributed by atoms with van der Waals surface area (Å²) in [5, 5.41) is 9.40. The first-order valence-electron chi connectivity index (χ1n) is 3.87. The molecule has 3 heteroatoms. The van der Waals surface area contributed by atoms with Crippen LogP contribution >= 0.6 is 31.9 Å². The Morgan fingerprint density at radius 2 is 1.83 bits per heavy atom. The van der Waals surface area contributed by atoms with Gasteiger partial charge < -0.3 is 5.11 Å². The third-order valence-electron chi connectivity index (χ3n) is 1.44. The van der Waals surface area contributed by atoms with E-state index in [1.54, 1.807) is 0 Å². The number of halogens is 2. The van der Waals surface area contributed by atoms with Gasteiger partial charge in [-0.15, -0.1) is 0 Å². The van der Waals surface area contributed by atoms with E-state index in [0.29, 0.717) is 6.42 Å². The Morgan fingerprint density at radius 3 is 2.25 bits per heavy atom. The van der Waals surface area contributed by atoms with Crippen LogP contribution in [0.15, 0.2) is 22.1 Å². The Balaban J connectivity index is 3.37. The molecule has 0 aliphatic carbocycles. The van der Waals surface area contributed by atoms with E-state index in [2.05, 4.69) is 45.0 Å². The minimum Gasteiger partial charge on any atom is -0.393 e. The van der Waals surface area contributed by atoms with Crippen molar-refractivity contribution in [2.24, 2.45) is 0 Å². The van der Waals surface area contributed by atoms with Gasteiger partial charge in [0.1, 0.15) is 0 Å². The first-order valence-corrected chi connectivity index (χ1v) is 5.45. The Kier molecular flexibility index (Phi) is 7.10. The van der Waals surface area contributed by atoms with Crippen LogP contribution in [0.25, 0.3) is 0 Å². The van der Waals surface area contributed by atoms with E-state index >= 15 is 0 Å². The Bertz CT molecular complexity index is 166. The van der Waals surface area contributed by atoms with Crippen LogP contribution in [0.5, 0.6) is 0 Å². The van der Waals surface area contributed by atoms with Gasteiger partial charge in [0.2, 0.25) is 0 Å². The maximum atomic E-state index is 9.40. The van der Waals surface area contributed by atoms with Crippen LogP contribution in [0.1, 0.15) is 25.7 Å². The number of aliphatic hydroxyl groups is 1. The fourth-order valence-corrected chi connectivity index (χ4v) is 1.54. The van der Waals surface area contributed by atoms with Crippen molar-refractivity contribution < 1.29 is 5.11 Å². The largest absolute Gasteiger partial charge is 0.393 e. The normalized spacial score (nSPS) is 12.6. The second kappa shape index (κ2) is 6.87. The van der Waals surface area contributed by atoms with Gasteiger partial charge in [0.15, 0.2) is 0 Å². The molecule has 70 valence electrons. The van der Waals surface area contributed by atoms with Crippen LogP contribution in [0.3, 0.4) is 0 Å². The molecule has 0 spiro atoms. The van der Waals surface area contributed by atoms with Crippen molar-refractivity contribution in [1.82, 2.24) is 0 Å². The van der Waals surface area contributed by atoms with Crippen LogP contribution < -0.4 is 0 Å². The van der Waals surface area contributed by atoms with Gasteiger partial charge in [0.05, 0.1) is 6.10 Å². The maximum Gasteiger partial charge on any atom is 0.0585 e. The molecule has 1 N–H and O–H groups in total. The van der Waals surface area contributed by atoms with E-state index in [9.17, 15) is 5.11 Å². The van der Waals surface area contributed by atoms with E-state index in [1.807, 2.05) is 0 Å². The van der Waals surface area contributed by atoms with Gasteiger partial charge in [-0.2, -0.15) is 0 Å². The highest BCUT2D eigenvalue weighted by Gasteiger charge is 2.04. The number of allylic oxidation sites excluding steroid dienone is 1. The maximum absolute atomic E-state index is 9.40. The van der Waals surface area contributed by atoms with Gasteiger partial charge >= 0.3 is 0 Å². The van der Waals surface area contributed by atoms with E-state index in [-0.39, 0.29) is 6.10 Å². The molecule has 0 aromatic rings. The number of rotatable bonds is 6. The number of aliphatic hydroxyl groups excluding tert-OH is 1. The molecule has 0 radical (unpaired) electrons. The second-order valence-corrected chi connectivity index (χ2v) is 5.03. The highest BCUT2D eigenvalue weighted by molar-refractivity contribution is 9.12. The standard InChI is InChI=1S/C9H14Br2O/c1-7(10)4-3-5-9(12)6-8(2)11/h9,12H,1-6H2. The van der Waals surface area contributed by atoms with Crippen LogP contribution in [-0.4, -0.2) is 11.2 Å². The Morgan fingerprint density at radius 1 is 1.25 bits per heavy atom. The van der Waals surface area contributed by atoms with Crippen LogP contribution in [0.2, 0.25) is 0 Å². The summed E-state index contributed by atoms with van der Waals surface area (Å²) >= 11 is 6.49. The summed E-state index contributed by atoms with van der Waals surface area (Å²) in [6.45, 7) is 7.39. The first kappa shape index (κ1) is 12.4. The molecule has 0 heterocycles. The summed E-state index contributed by atoms with van der Waals surface area (Å²) < 4.78 is 1.85. The summed E-state index contributed by atoms with van der Waals surface area (Å²) in [4.78, 5) is 0. The molecule has 0 aromatic carbocycles. The molecule has 1 atom stereocenters. The van der Waals surface area contributed by atoms with Crippen molar-refractivity contribution in [1.29, 1.82) is 0 Å². The first-order chi connectivity index (χ1) is 5.52. The zero-order valence-corrected chi connectivity index (χ0v) is 10.2. The van der Waals surface area contributed by atoms with E-state index in [4.69, 9.17) is 0 Å². The molecule has 0 fully saturated rings. The third kappa shape index (κ3) is 8.50. The highest BCUT2D eigenvalue weighted by Crippen LogP contribution is 2.17. The molecule has 1 unspecified atom stereocenters. The molecule has 0 aromatic heterocycles. The fraction of sp³-hybridized carbons (Fsp3) is 0.556. The SMILES string of the molecule is C=C(Br)CCCC(O)CC(=C)Br. The van der Waals surface area contributed by atoms with Crippen LogP contribution in [0, 0.1) is 0 Å². The summed E-state index contributed by atoms with van der Waals surface area (Å²) in [7, 11) is 0. The van der Waals surface area contributed by atoms with E-state index in [0.717, 1.165) is 28.2 Å². The summed E-state index contributed by atoms with van der Waals surface area (Å²) in [6.07, 6.45) is 3.05. The van der Waals surface area contributed by atoms with Crippen LogP contribution in [-0.2, 0) is 0 Å². The van der Waals surface area contributed by atoms with Crippen LogP contribution in [0.4, 0.5) is 0 Å². The quantitative estimate of drug-likeness (QED) is 0.792. The topological polar surface area (TPSA) is 20.2 Å². The lowest BCUT2D eigenvalue weighted by molar-refractivity contribution is 0.164. The predicted molar refractivity (Wildman–Crippen MR) is 60.6 cm³/mol. The van der Waals surface area contributed by atoms with E-state index < -0.39 is 0 Å². The number of hydrogen-bond acceptors (Lipinski definition) is 1. The zero-order chi connectivity index (χ0) is 9.56. The van der Waals surface area contributed by atoms with Gasteiger partial charge in [-0.1, -0.05) is 45.0 Å². The minimum absolute atomic E-state index is 0.274. The molecule has 1 nitrogen and oxygen atoms in total. The Hall–Kier alpha value is 0.400. The summed E-state index contributed by atoms with van der Waals surface area (Å²) in [5.41, 5.74) is 0. The van der Waals surface area contributed by atoms with Crippen molar-refractivity contribution >= 4 is 31.9 Å². The van der Waals surface area contributed by atoms with Gasteiger partial charge in [-0.25, -0.2) is 0 Å². The molecule has 12 heavy (non-hydrogen) atoms. The van der Waals surface area contributed by atoms with Crippen molar-refractivity contribution in [3.05, 3.63) is 22.1 Å². The third-order valence-corrected chi connectivity index (χ3v) is 2.16. The molecule has 0 saturated carbocycles. The van der Waals surface area contributed by atoms with Gasteiger partial charge in [0, 0.05) is 6.42 Å². The predicted octanol–water partition coefficient (Wildman–Crippen LogP) is 3.72. The average Bonchev–Trinajstić information content (AvgIpc) is 1.84.